The smallest absolute Gasteiger partial charge is 0.408 e. The van der Waals surface area contributed by atoms with Gasteiger partial charge in [-0.3, -0.25) is 0 Å². The molecule has 0 bridgehead atoms. The van der Waals surface area contributed by atoms with Gasteiger partial charge in [0, 0.05) is 24.2 Å². The van der Waals surface area contributed by atoms with Gasteiger partial charge in [-0.25, -0.2) is 14.6 Å². The second kappa shape index (κ2) is 10.3. The number of nitrogens with zero attached hydrogens (tertiary/aromatic N) is 1. The number of amides is 1. The predicted molar refractivity (Wildman–Crippen MR) is 120 cm³/mol. The van der Waals surface area contributed by atoms with E-state index < -0.39 is 18.1 Å². The summed E-state index contributed by atoms with van der Waals surface area (Å²) in [6.45, 7) is 0.224. The van der Waals surface area contributed by atoms with Crippen molar-refractivity contribution in [1.29, 1.82) is 0 Å². The molecular formula is C25H23N3O4. The Hall–Kier alpha value is -4.13. The van der Waals surface area contributed by atoms with Crippen LogP contribution in [0.4, 0.5) is 4.79 Å². The van der Waals surface area contributed by atoms with Crippen molar-refractivity contribution in [3.63, 3.8) is 0 Å². The first-order valence-electron chi connectivity index (χ1n) is 10.3. The Morgan fingerprint density at radius 1 is 0.875 bits per heavy atom. The Bertz CT molecular complexity index is 1180. The van der Waals surface area contributed by atoms with Gasteiger partial charge in [-0.2, -0.15) is 0 Å². The zero-order valence-corrected chi connectivity index (χ0v) is 17.4. The van der Waals surface area contributed by atoms with Gasteiger partial charge >= 0.3 is 12.1 Å². The minimum atomic E-state index is -0.916. The molecule has 0 radical (unpaired) electrons. The highest BCUT2D eigenvalue weighted by atomic mass is 16.6. The molecule has 2 aromatic carbocycles. The van der Waals surface area contributed by atoms with Crippen LogP contribution in [0.25, 0.3) is 11.0 Å². The van der Waals surface area contributed by atoms with Crippen molar-refractivity contribution in [2.75, 3.05) is 0 Å². The van der Waals surface area contributed by atoms with E-state index in [0.29, 0.717) is 5.65 Å². The molecule has 7 nitrogen and oxygen atoms in total. The monoisotopic (exact) mass is 429 g/mol. The van der Waals surface area contributed by atoms with Crippen LogP contribution in [0.15, 0.2) is 85.2 Å². The molecule has 0 saturated heterocycles. The first kappa shape index (κ1) is 21.1. The molecule has 0 aliphatic carbocycles. The summed E-state index contributed by atoms with van der Waals surface area (Å²) >= 11 is 0. The highest BCUT2D eigenvalue weighted by Gasteiger charge is 2.25. The molecular weight excluding hydrogens is 406 g/mol. The zero-order valence-electron chi connectivity index (χ0n) is 17.4. The number of benzene rings is 2. The van der Waals surface area contributed by atoms with Crippen LogP contribution in [0.1, 0.15) is 16.7 Å². The number of esters is 1. The molecule has 0 fully saturated rings. The second-order valence-electron chi connectivity index (χ2n) is 7.27. The van der Waals surface area contributed by atoms with Crippen molar-refractivity contribution in [2.45, 2.75) is 25.7 Å². The predicted octanol–water partition coefficient (Wildman–Crippen LogP) is 4.14. The van der Waals surface area contributed by atoms with Gasteiger partial charge in [0.05, 0.1) is 0 Å². The van der Waals surface area contributed by atoms with Crippen molar-refractivity contribution in [3.05, 3.63) is 102 Å². The van der Waals surface area contributed by atoms with Crippen LogP contribution in [-0.2, 0) is 33.9 Å². The number of aromatic nitrogens is 2. The molecule has 0 aliphatic rings. The average Bonchev–Trinajstić information content (AvgIpc) is 3.25. The first-order valence-corrected chi connectivity index (χ1v) is 10.3. The van der Waals surface area contributed by atoms with Gasteiger partial charge in [-0.15, -0.1) is 0 Å². The van der Waals surface area contributed by atoms with Gasteiger partial charge in [0.25, 0.3) is 0 Å². The van der Waals surface area contributed by atoms with Crippen LogP contribution in [0.2, 0.25) is 0 Å². The number of carbonyl (C=O) groups excluding carboxylic acids is 2. The van der Waals surface area contributed by atoms with E-state index in [1.807, 2.05) is 72.8 Å². The van der Waals surface area contributed by atoms with E-state index in [2.05, 4.69) is 15.3 Å². The van der Waals surface area contributed by atoms with Crippen LogP contribution in [0.5, 0.6) is 0 Å². The summed E-state index contributed by atoms with van der Waals surface area (Å²) in [6.07, 6.45) is 3.02. The maximum absolute atomic E-state index is 12.9. The summed E-state index contributed by atoms with van der Waals surface area (Å²) in [5.41, 5.74) is 3.28. The van der Waals surface area contributed by atoms with E-state index in [-0.39, 0.29) is 19.6 Å². The zero-order chi connectivity index (χ0) is 22.2. The van der Waals surface area contributed by atoms with Gasteiger partial charge in [0.2, 0.25) is 0 Å². The lowest BCUT2D eigenvalue weighted by Crippen LogP contribution is -2.43. The quantitative estimate of drug-likeness (QED) is 0.411. The van der Waals surface area contributed by atoms with Crippen LogP contribution in [0.3, 0.4) is 0 Å². The molecule has 0 saturated carbocycles. The number of pyridine rings is 1. The minimum Gasteiger partial charge on any atom is -0.459 e. The fourth-order valence-corrected chi connectivity index (χ4v) is 3.33. The third-order valence-corrected chi connectivity index (χ3v) is 4.97. The highest BCUT2D eigenvalue weighted by molar-refractivity contribution is 5.84. The van der Waals surface area contributed by atoms with E-state index in [4.69, 9.17) is 9.47 Å². The van der Waals surface area contributed by atoms with Gasteiger partial charge in [0.15, 0.2) is 0 Å². The lowest BCUT2D eigenvalue weighted by atomic mass is 10.1. The van der Waals surface area contributed by atoms with Crippen molar-refractivity contribution in [1.82, 2.24) is 15.3 Å². The van der Waals surface area contributed by atoms with E-state index in [1.54, 1.807) is 12.4 Å². The lowest BCUT2D eigenvalue weighted by Gasteiger charge is -2.17. The molecule has 7 heteroatoms. The van der Waals surface area contributed by atoms with Gasteiger partial charge < -0.3 is 19.8 Å². The molecule has 4 rings (SSSR count). The molecule has 162 valence electrons. The number of H-pyrrole nitrogens is 1. The minimum absolute atomic E-state index is 0.107. The molecule has 0 aliphatic heterocycles. The topological polar surface area (TPSA) is 93.3 Å². The Kier molecular flexibility index (Phi) is 6.77. The van der Waals surface area contributed by atoms with E-state index in [9.17, 15) is 9.59 Å². The SMILES string of the molecule is O=C(N[C@@H](Cc1c[nH]c2ncccc12)C(=O)OCc1ccccc1)OCc1ccccc1. The number of carbonyl (C=O) groups is 2. The van der Waals surface area contributed by atoms with Gasteiger partial charge in [-0.1, -0.05) is 60.7 Å². The molecule has 0 spiro atoms. The van der Waals surface area contributed by atoms with Crippen LogP contribution in [0, 0.1) is 0 Å². The first-order chi connectivity index (χ1) is 15.7. The Balaban J connectivity index is 1.45. The fourth-order valence-electron chi connectivity index (χ4n) is 3.33. The number of fused-ring (bicyclic) bond motifs is 1. The summed E-state index contributed by atoms with van der Waals surface area (Å²) in [7, 11) is 0. The number of nitrogens with one attached hydrogen (secondary N) is 2. The number of hydrogen-bond donors (Lipinski definition) is 2. The number of alkyl carbamates (subject to hydrolysis) is 1. The normalized spacial score (nSPS) is 11.6. The second-order valence-corrected chi connectivity index (χ2v) is 7.27. The molecule has 2 heterocycles. The highest BCUT2D eigenvalue weighted by Crippen LogP contribution is 2.18. The molecule has 0 unspecified atom stereocenters. The van der Waals surface area contributed by atoms with Crippen molar-refractivity contribution < 1.29 is 19.1 Å². The van der Waals surface area contributed by atoms with Crippen molar-refractivity contribution >= 4 is 23.1 Å². The summed E-state index contributed by atoms with van der Waals surface area (Å²) < 4.78 is 10.8. The van der Waals surface area contributed by atoms with E-state index in [1.165, 1.54) is 0 Å². The van der Waals surface area contributed by atoms with Gasteiger partial charge in [0.1, 0.15) is 24.9 Å². The number of aromatic amines is 1. The molecule has 32 heavy (non-hydrogen) atoms. The fraction of sp³-hybridized carbons (Fsp3) is 0.160. The molecule has 1 atom stereocenters. The maximum atomic E-state index is 12.9. The number of hydrogen-bond acceptors (Lipinski definition) is 5. The number of ether oxygens (including phenoxy) is 2. The summed E-state index contributed by atoms with van der Waals surface area (Å²) in [5.74, 6) is -0.538. The Labute approximate surface area is 185 Å². The van der Waals surface area contributed by atoms with E-state index >= 15 is 0 Å². The molecule has 2 aromatic heterocycles. The van der Waals surface area contributed by atoms with Crippen molar-refractivity contribution in [3.8, 4) is 0 Å². The Morgan fingerprint density at radius 3 is 2.22 bits per heavy atom. The number of rotatable bonds is 8. The summed E-state index contributed by atoms with van der Waals surface area (Å²) in [6, 6.07) is 21.5. The van der Waals surface area contributed by atoms with Crippen LogP contribution < -0.4 is 5.32 Å². The van der Waals surface area contributed by atoms with Crippen LogP contribution >= 0.6 is 0 Å². The van der Waals surface area contributed by atoms with Gasteiger partial charge in [-0.05, 0) is 28.8 Å². The summed E-state index contributed by atoms with van der Waals surface area (Å²) in [4.78, 5) is 32.7. The Morgan fingerprint density at radius 2 is 1.53 bits per heavy atom. The van der Waals surface area contributed by atoms with Crippen LogP contribution in [-0.4, -0.2) is 28.1 Å². The third kappa shape index (κ3) is 5.51. The maximum Gasteiger partial charge on any atom is 0.408 e. The van der Waals surface area contributed by atoms with E-state index in [0.717, 1.165) is 22.1 Å². The standard InChI is InChI=1S/C25H23N3O4/c29-24(31-16-18-8-3-1-4-9-18)22(14-20-15-27-23-21(20)12-7-13-26-23)28-25(30)32-17-19-10-5-2-6-11-19/h1-13,15,22H,14,16-17H2,(H,26,27)(H,28,30)/t22-/m0/s1. The lowest BCUT2D eigenvalue weighted by molar-refractivity contribution is -0.147. The molecule has 4 aromatic rings. The average molecular weight is 429 g/mol. The molecule has 2 N–H and O–H groups in total. The largest absolute Gasteiger partial charge is 0.459 e. The molecule has 1 amide bonds. The third-order valence-electron chi connectivity index (χ3n) is 4.97. The summed E-state index contributed by atoms with van der Waals surface area (Å²) in [5, 5.41) is 3.54. The van der Waals surface area contributed by atoms with Crippen molar-refractivity contribution in [2.24, 2.45) is 0 Å².